The van der Waals surface area contributed by atoms with Crippen LogP contribution < -0.4 is 10.2 Å². The van der Waals surface area contributed by atoms with E-state index >= 15 is 0 Å². The summed E-state index contributed by atoms with van der Waals surface area (Å²) >= 11 is 0. The average Bonchev–Trinajstić information content (AvgIpc) is 3.19. The van der Waals surface area contributed by atoms with Gasteiger partial charge in [-0.15, -0.1) is 0 Å². The number of aromatic nitrogens is 2. The number of pyridine rings is 1. The standard InChI is InChI=1S/C21H20F2N4O2/c1-11-4-13(9-24-8-11)27-3-2-12(10-27)25-20(28)14-5-15(14)21-26-18-6-16(22)17(23)7-19(18)29-21/h4,6-9,12,14-15H,2-3,5,10H2,1H3,(H,25,28)/t12-,14+,15+/m1/s1. The molecule has 1 saturated carbocycles. The second-order valence-electron chi connectivity index (χ2n) is 7.90. The number of nitrogens with one attached hydrogen (secondary N) is 1. The van der Waals surface area contributed by atoms with Gasteiger partial charge in [-0.05, 0) is 31.4 Å². The predicted molar refractivity (Wildman–Crippen MR) is 103 cm³/mol. The van der Waals surface area contributed by atoms with Crippen molar-refractivity contribution in [2.75, 3.05) is 18.0 Å². The van der Waals surface area contributed by atoms with E-state index < -0.39 is 11.6 Å². The molecule has 1 N–H and O–H groups in total. The summed E-state index contributed by atoms with van der Waals surface area (Å²) in [5.41, 5.74) is 2.64. The van der Waals surface area contributed by atoms with Crippen molar-refractivity contribution < 1.29 is 18.0 Å². The summed E-state index contributed by atoms with van der Waals surface area (Å²) < 4.78 is 32.3. The van der Waals surface area contributed by atoms with Crippen molar-refractivity contribution in [2.45, 2.75) is 31.7 Å². The predicted octanol–water partition coefficient (Wildman–Crippen LogP) is 3.31. The molecule has 150 valence electrons. The van der Waals surface area contributed by atoms with Crippen LogP contribution in [0.2, 0.25) is 0 Å². The maximum absolute atomic E-state index is 13.4. The smallest absolute Gasteiger partial charge is 0.224 e. The van der Waals surface area contributed by atoms with Gasteiger partial charge in [-0.25, -0.2) is 13.8 Å². The molecule has 1 aromatic carbocycles. The number of fused-ring (bicyclic) bond motifs is 1. The SMILES string of the molecule is Cc1cncc(N2CC[C@@H](NC(=O)[C@H]3C[C@@H]3c3nc4cc(F)c(F)cc4o3)C2)c1. The van der Waals surface area contributed by atoms with Gasteiger partial charge in [-0.2, -0.15) is 0 Å². The van der Waals surface area contributed by atoms with Crippen LogP contribution in [0.15, 0.2) is 35.0 Å². The van der Waals surface area contributed by atoms with E-state index in [0.717, 1.165) is 42.9 Å². The highest BCUT2D eigenvalue weighted by Gasteiger charge is 2.48. The van der Waals surface area contributed by atoms with E-state index in [-0.39, 0.29) is 34.9 Å². The minimum Gasteiger partial charge on any atom is -0.440 e. The quantitative estimate of drug-likeness (QED) is 0.730. The van der Waals surface area contributed by atoms with Gasteiger partial charge in [0.2, 0.25) is 5.91 Å². The summed E-state index contributed by atoms with van der Waals surface area (Å²) in [7, 11) is 0. The monoisotopic (exact) mass is 398 g/mol. The second-order valence-corrected chi connectivity index (χ2v) is 7.90. The molecule has 5 rings (SSSR count). The molecule has 8 heteroatoms. The summed E-state index contributed by atoms with van der Waals surface area (Å²) in [6, 6.07) is 4.18. The minimum absolute atomic E-state index is 0.0242. The van der Waals surface area contributed by atoms with Crippen LogP contribution in [0.1, 0.15) is 30.2 Å². The first kappa shape index (κ1) is 18.0. The highest BCUT2D eigenvalue weighted by molar-refractivity contribution is 5.83. The zero-order valence-electron chi connectivity index (χ0n) is 15.9. The molecule has 3 aromatic rings. The van der Waals surface area contributed by atoms with Gasteiger partial charge in [-0.1, -0.05) is 0 Å². The lowest BCUT2D eigenvalue weighted by molar-refractivity contribution is -0.123. The third-order valence-corrected chi connectivity index (χ3v) is 5.65. The number of halogens is 2. The van der Waals surface area contributed by atoms with Gasteiger partial charge in [0.05, 0.1) is 17.8 Å². The Bertz CT molecular complexity index is 1060. The zero-order chi connectivity index (χ0) is 20.1. The fourth-order valence-corrected chi connectivity index (χ4v) is 3.99. The summed E-state index contributed by atoms with van der Waals surface area (Å²) in [6.07, 6.45) is 5.16. The molecule has 1 saturated heterocycles. The molecule has 29 heavy (non-hydrogen) atoms. The van der Waals surface area contributed by atoms with E-state index in [2.05, 4.69) is 26.3 Å². The fraction of sp³-hybridized carbons (Fsp3) is 0.381. The van der Waals surface area contributed by atoms with Crippen molar-refractivity contribution in [3.05, 3.63) is 53.7 Å². The Balaban J connectivity index is 1.21. The maximum atomic E-state index is 13.4. The molecule has 2 aromatic heterocycles. The summed E-state index contributed by atoms with van der Waals surface area (Å²) in [4.78, 5) is 23.3. The van der Waals surface area contributed by atoms with Gasteiger partial charge in [0.15, 0.2) is 23.1 Å². The Morgan fingerprint density at radius 1 is 1.24 bits per heavy atom. The normalized spacial score (nSPS) is 23.6. The van der Waals surface area contributed by atoms with E-state index in [0.29, 0.717) is 12.3 Å². The van der Waals surface area contributed by atoms with E-state index in [9.17, 15) is 13.6 Å². The molecular weight excluding hydrogens is 378 g/mol. The Hall–Kier alpha value is -3.03. The Kier molecular flexibility index (Phi) is 4.22. The lowest BCUT2D eigenvalue weighted by Gasteiger charge is -2.19. The van der Waals surface area contributed by atoms with E-state index in [4.69, 9.17) is 4.42 Å². The molecule has 1 aliphatic heterocycles. The minimum atomic E-state index is -0.972. The van der Waals surface area contributed by atoms with Gasteiger partial charge in [0.25, 0.3) is 0 Å². The Morgan fingerprint density at radius 3 is 2.90 bits per heavy atom. The van der Waals surface area contributed by atoms with Crippen molar-refractivity contribution >= 4 is 22.7 Å². The van der Waals surface area contributed by atoms with Crippen LogP contribution in [0.5, 0.6) is 0 Å². The van der Waals surface area contributed by atoms with Crippen molar-refractivity contribution in [1.82, 2.24) is 15.3 Å². The van der Waals surface area contributed by atoms with Crippen LogP contribution in [-0.2, 0) is 4.79 Å². The first-order chi connectivity index (χ1) is 14.0. The van der Waals surface area contributed by atoms with Crippen molar-refractivity contribution in [3.63, 3.8) is 0 Å². The summed E-state index contributed by atoms with van der Waals surface area (Å²) in [6.45, 7) is 3.62. The number of aryl methyl sites for hydroxylation is 1. The molecule has 2 aliphatic rings. The summed E-state index contributed by atoms with van der Waals surface area (Å²) in [5.74, 6) is -1.95. The number of hydrogen-bond acceptors (Lipinski definition) is 5. The number of oxazole rings is 1. The topological polar surface area (TPSA) is 71.3 Å². The third kappa shape index (κ3) is 3.43. The van der Waals surface area contributed by atoms with E-state index in [1.54, 1.807) is 0 Å². The Labute approximate surface area is 165 Å². The van der Waals surface area contributed by atoms with Crippen LogP contribution in [0, 0.1) is 24.5 Å². The van der Waals surface area contributed by atoms with Crippen molar-refractivity contribution in [3.8, 4) is 0 Å². The number of carbonyl (C=O) groups excluding carboxylic acids is 1. The van der Waals surface area contributed by atoms with Crippen LogP contribution >= 0.6 is 0 Å². The molecular formula is C21H20F2N4O2. The number of amides is 1. The zero-order valence-corrected chi connectivity index (χ0v) is 15.9. The van der Waals surface area contributed by atoms with Gasteiger partial charge in [0, 0.05) is 43.4 Å². The first-order valence-electron chi connectivity index (χ1n) is 9.70. The Morgan fingerprint density at radius 2 is 2.07 bits per heavy atom. The lowest BCUT2D eigenvalue weighted by atomic mass is 10.2. The highest BCUT2D eigenvalue weighted by atomic mass is 19.2. The fourth-order valence-electron chi connectivity index (χ4n) is 3.99. The van der Waals surface area contributed by atoms with Crippen molar-refractivity contribution in [1.29, 1.82) is 0 Å². The molecule has 0 spiro atoms. The number of hydrogen-bond donors (Lipinski definition) is 1. The molecule has 1 aliphatic carbocycles. The molecule has 0 radical (unpaired) electrons. The molecule has 1 amide bonds. The molecule has 0 bridgehead atoms. The van der Waals surface area contributed by atoms with Crippen LogP contribution in [0.4, 0.5) is 14.5 Å². The molecule has 3 heterocycles. The van der Waals surface area contributed by atoms with Gasteiger partial charge < -0.3 is 14.6 Å². The average molecular weight is 398 g/mol. The van der Waals surface area contributed by atoms with E-state index in [1.807, 2.05) is 19.3 Å². The number of rotatable bonds is 4. The molecule has 0 unspecified atom stereocenters. The van der Waals surface area contributed by atoms with Crippen LogP contribution in [0.25, 0.3) is 11.1 Å². The molecule has 6 nitrogen and oxygen atoms in total. The van der Waals surface area contributed by atoms with Crippen LogP contribution in [0.3, 0.4) is 0 Å². The van der Waals surface area contributed by atoms with Gasteiger partial charge in [-0.3, -0.25) is 9.78 Å². The number of benzene rings is 1. The number of carbonyl (C=O) groups is 1. The van der Waals surface area contributed by atoms with Gasteiger partial charge in [0.1, 0.15) is 5.52 Å². The molecule has 2 fully saturated rings. The van der Waals surface area contributed by atoms with Gasteiger partial charge >= 0.3 is 0 Å². The van der Waals surface area contributed by atoms with Crippen molar-refractivity contribution in [2.24, 2.45) is 5.92 Å². The first-order valence-corrected chi connectivity index (χ1v) is 9.70. The number of nitrogens with zero attached hydrogens (tertiary/aromatic N) is 3. The van der Waals surface area contributed by atoms with E-state index in [1.165, 1.54) is 0 Å². The maximum Gasteiger partial charge on any atom is 0.224 e. The lowest BCUT2D eigenvalue weighted by Crippen LogP contribution is -2.38. The second kappa shape index (κ2) is 6.79. The molecule has 3 atom stereocenters. The third-order valence-electron chi connectivity index (χ3n) is 5.65. The largest absolute Gasteiger partial charge is 0.440 e. The highest BCUT2D eigenvalue weighted by Crippen LogP contribution is 2.48. The van der Waals surface area contributed by atoms with Crippen LogP contribution in [-0.4, -0.2) is 35.0 Å². The summed E-state index contributed by atoms with van der Waals surface area (Å²) in [5, 5.41) is 3.12. The number of anilines is 1.